The van der Waals surface area contributed by atoms with E-state index in [4.69, 9.17) is 0 Å². The smallest absolute Gasteiger partial charge is 0.224 e. The Bertz CT molecular complexity index is 735. The number of anilines is 1. The summed E-state index contributed by atoms with van der Waals surface area (Å²) in [5.41, 5.74) is 2.08. The van der Waals surface area contributed by atoms with E-state index in [0.717, 1.165) is 30.3 Å². The van der Waals surface area contributed by atoms with Crippen LogP contribution in [0.4, 0.5) is 5.69 Å². The van der Waals surface area contributed by atoms with Gasteiger partial charge in [-0.15, -0.1) is 0 Å². The van der Waals surface area contributed by atoms with Crippen molar-refractivity contribution in [3.05, 3.63) is 42.0 Å². The Morgan fingerprint density at radius 2 is 1.70 bits per heavy atom. The maximum atomic E-state index is 12.1. The summed E-state index contributed by atoms with van der Waals surface area (Å²) in [6.45, 7) is 2.12. The molecule has 0 aromatic heterocycles. The maximum Gasteiger partial charge on any atom is 0.224 e. The molecule has 0 unspecified atom stereocenters. The largest absolute Gasteiger partial charge is 0.353 e. The van der Waals surface area contributed by atoms with Gasteiger partial charge in [-0.25, -0.2) is 0 Å². The van der Waals surface area contributed by atoms with Gasteiger partial charge in [-0.3, -0.25) is 9.59 Å². The maximum absolute atomic E-state index is 12.1. The lowest BCUT2D eigenvalue weighted by molar-refractivity contribution is -0.124. The highest BCUT2D eigenvalue weighted by atomic mass is 16.2. The molecule has 0 spiro atoms. The van der Waals surface area contributed by atoms with Crippen LogP contribution in [0.25, 0.3) is 10.8 Å². The molecule has 2 aromatic rings. The molecule has 4 heteroatoms. The first kappa shape index (κ1) is 15.5. The topological polar surface area (TPSA) is 58.2 Å². The third kappa shape index (κ3) is 3.89. The van der Waals surface area contributed by atoms with Crippen LogP contribution in [-0.4, -0.2) is 17.9 Å². The fraction of sp³-hybridized carbons (Fsp3) is 0.368. The van der Waals surface area contributed by atoms with Crippen molar-refractivity contribution >= 4 is 28.3 Å². The standard InChI is InChI=1S/C19H22N2O2/c1-2-13-7-10-17(16-6-4-3-5-15(13)16)21-19(23)12-11-18(22)20-14-8-9-14/h3-7,10,14H,2,8-9,11-12H2,1H3,(H,20,22)(H,21,23). The van der Waals surface area contributed by atoms with Gasteiger partial charge in [0.1, 0.15) is 0 Å². The van der Waals surface area contributed by atoms with Crippen LogP contribution in [-0.2, 0) is 16.0 Å². The number of benzene rings is 2. The van der Waals surface area contributed by atoms with Crippen molar-refractivity contribution in [3.8, 4) is 0 Å². The minimum absolute atomic E-state index is 0.0335. The predicted molar refractivity (Wildman–Crippen MR) is 92.4 cm³/mol. The van der Waals surface area contributed by atoms with Crippen molar-refractivity contribution in [2.75, 3.05) is 5.32 Å². The summed E-state index contributed by atoms with van der Waals surface area (Å²) in [5.74, 6) is -0.154. The van der Waals surface area contributed by atoms with Crippen molar-refractivity contribution in [1.29, 1.82) is 0 Å². The molecule has 3 rings (SSSR count). The molecule has 2 N–H and O–H groups in total. The van der Waals surface area contributed by atoms with E-state index in [1.807, 2.05) is 24.3 Å². The van der Waals surface area contributed by atoms with Crippen LogP contribution < -0.4 is 10.6 Å². The molecule has 1 saturated carbocycles. The molecule has 2 amide bonds. The summed E-state index contributed by atoms with van der Waals surface area (Å²) in [5, 5.41) is 8.05. The molecule has 23 heavy (non-hydrogen) atoms. The molecule has 0 saturated heterocycles. The Labute approximate surface area is 136 Å². The molecule has 1 aliphatic carbocycles. The first-order chi connectivity index (χ1) is 11.2. The average Bonchev–Trinajstić information content (AvgIpc) is 3.37. The van der Waals surface area contributed by atoms with E-state index in [1.165, 1.54) is 10.9 Å². The van der Waals surface area contributed by atoms with Gasteiger partial charge in [0.05, 0.1) is 0 Å². The molecule has 0 aliphatic heterocycles. The van der Waals surface area contributed by atoms with Gasteiger partial charge in [0.15, 0.2) is 0 Å². The van der Waals surface area contributed by atoms with Gasteiger partial charge < -0.3 is 10.6 Å². The Balaban J connectivity index is 1.66. The monoisotopic (exact) mass is 310 g/mol. The Morgan fingerprint density at radius 1 is 1.00 bits per heavy atom. The molecular formula is C19H22N2O2. The quantitative estimate of drug-likeness (QED) is 0.859. The van der Waals surface area contributed by atoms with E-state index in [-0.39, 0.29) is 24.7 Å². The Hall–Kier alpha value is -2.36. The highest BCUT2D eigenvalue weighted by molar-refractivity contribution is 6.03. The summed E-state index contributed by atoms with van der Waals surface area (Å²) in [6, 6.07) is 12.4. The van der Waals surface area contributed by atoms with Crippen LogP contribution >= 0.6 is 0 Å². The van der Waals surface area contributed by atoms with Crippen molar-refractivity contribution in [2.24, 2.45) is 0 Å². The Morgan fingerprint density at radius 3 is 2.39 bits per heavy atom. The number of fused-ring (bicyclic) bond motifs is 1. The molecule has 2 aromatic carbocycles. The first-order valence-corrected chi connectivity index (χ1v) is 8.27. The molecule has 120 valence electrons. The molecular weight excluding hydrogens is 288 g/mol. The molecule has 0 heterocycles. The summed E-state index contributed by atoms with van der Waals surface area (Å²) in [7, 11) is 0. The fourth-order valence-electron chi connectivity index (χ4n) is 2.75. The number of carbonyl (C=O) groups is 2. The lowest BCUT2D eigenvalue weighted by Gasteiger charge is -2.11. The summed E-state index contributed by atoms with van der Waals surface area (Å²) in [4.78, 5) is 23.8. The highest BCUT2D eigenvalue weighted by Crippen LogP contribution is 2.27. The number of rotatable bonds is 6. The number of aryl methyl sites for hydroxylation is 1. The number of amides is 2. The third-order valence-corrected chi connectivity index (χ3v) is 4.19. The predicted octanol–water partition coefficient (Wildman–Crippen LogP) is 3.40. The van der Waals surface area contributed by atoms with Crippen molar-refractivity contribution in [1.82, 2.24) is 5.32 Å². The highest BCUT2D eigenvalue weighted by Gasteiger charge is 2.23. The molecule has 1 fully saturated rings. The number of carbonyl (C=O) groups excluding carboxylic acids is 2. The van der Waals surface area contributed by atoms with Gasteiger partial charge in [0, 0.05) is 30.0 Å². The second-order valence-electron chi connectivity index (χ2n) is 6.06. The zero-order valence-corrected chi connectivity index (χ0v) is 13.4. The zero-order valence-electron chi connectivity index (χ0n) is 13.4. The SMILES string of the molecule is CCc1ccc(NC(=O)CCC(=O)NC2CC2)c2ccccc12. The van der Waals surface area contributed by atoms with Crippen LogP contribution in [0.15, 0.2) is 36.4 Å². The fourth-order valence-corrected chi connectivity index (χ4v) is 2.75. The lowest BCUT2D eigenvalue weighted by Crippen LogP contribution is -2.26. The molecule has 1 aliphatic rings. The molecule has 4 nitrogen and oxygen atoms in total. The zero-order chi connectivity index (χ0) is 16.2. The van der Waals surface area contributed by atoms with Crippen LogP contribution in [0.5, 0.6) is 0 Å². The lowest BCUT2D eigenvalue weighted by atomic mass is 10.0. The van der Waals surface area contributed by atoms with Crippen LogP contribution in [0.1, 0.15) is 38.2 Å². The van der Waals surface area contributed by atoms with E-state index in [9.17, 15) is 9.59 Å². The van der Waals surface area contributed by atoms with Gasteiger partial charge in [-0.05, 0) is 36.3 Å². The van der Waals surface area contributed by atoms with E-state index < -0.39 is 0 Å². The van der Waals surface area contributed by atoms with Crippen LogP contribution in [0.2, 0.25) is 0 Å². The van der Waals surface area contributed by atoms with E-state index in [0.29, 0.717) is 6.04 Å². The summed E-state index contributed by atoms with van der Waals surface area (Å²) >= 11 is 0. The van der Waals surface area contributed by atoms with Crippen molar-refractivity contribution in [3.63, 3.8) is 0 Å². The second kappa shape index (κ2) is 6.82. The molecule has 0 radical (unpaired) electrons. The van der Waals surface area contributed by atoms with Crippen molar-refractivity contribution < 1.29 is 9.59 Å². The summed E-state index contributed by atoms with van der Waals surface area (Å²) < 4.78 is 0. The van der Waals surface area contributed by atoms with Crippen molar-refractivity contribution in [2.45, 2.75) is 45.1 Å². The first-order valence-electron chi connectivity index (χ1n) is 8.27. The minimum Gasteiger partial charge on any atom is -0.353 e. The molecule has 0 bridgehead atoms. The van der Waals surface area contributed by atoms with Gasteiger partial charge in [0.2, 0.25) is 11.8 Å². The Kier molecular flexibility index (Phi) is 4.60. The van der Waals surface area contributed by atoms with Gasteiger partial charge in [-0.1, -0.05) is 37.3 Å². The van der Waals surface area contributed by atoms with E-state index >= 15 is 0 Å². The van der Waals surface area contributed by atoms with Crippen LogP contribution in [0, 0.1) is 0 Å². The van der Waals surface area contributed by atoms with Gasteiger partial charge in [0.25, 0.3) is 0 Å². The summed E-state index contributed by atoms with van der Waals surface area (Å²) in [6.07, 6.45) is 3.53. The van der Waals surface area contributed by atoms with Gasteiger partial charge >= 0.3 is 0 Å². The minimum atomic E-state index is -0.120. The number of hydrogen-bond acceptors (Lipinski definition) is 2. The molecule has 0 atom stereocenters. The number of hydrogen-bond donors (Lipinski definition) is 2. The normalized spacial score (nSPS) is 13.8. The van der Waals surface area contributed by atoms with Gasteiger partial charge in [-0.2, -0.15) is 0 Å². The third-order valence-electron chi connectivity index (χ3n) is 4.19. The second-order valence-corrected chi connectivity index (χ2v) is 6.06. The average molecular weight is 310 g/mol. The van der Waals surface area contributed by atoms with Crippen LogP contribution in [0.3, 0.4) is 0 Å². The van der Waals surface area contributed by atoms with E-state index in [1.54, 1.807) is 0 Å². The number of nitrogens with one attached hydrogen (secondary N) is 2. The van der Waals surface area contributed by atoms with E-state index in [2.05, 4.69) is 29.7 Å².